The van der Waals surface area contributed by atoms with Crippen molar-refractivity contribution in [1.29, 1.82) is 0 Å². The monoisotopic (exact) mass is 362 g/mol. The van der Waals surface area contributed by atoms with Gasteiger partial charge in [-0.05, 0) is 25.5 Å². The standard InChI is InChI=1S/C14H23ClN4O3S/c1-11(6-10-23(3,20)21)19-14(16-2)18-8-9-22-13-12(15)5-4-7-17-13/h4-5,7,11H,6,8-10H2,1-3H3,(H2,16,18,19). The van der Waals surface area contributed by atoms with Crippen LogP contribution in [0.5, 0.6) is 5.88 Å². The Morgan fingerprint density at radius 3 is 2.87 bits per heavy atom. The van der Waals surface area contributed by atoms with Crippen LogP contribution < -0.4 is 15.4 Å². The van der Waals surface area contributed by atoms with Crippen molar-refractivity contribution in [1.82, 2.24) is 15.6 Å². The molecule has 0 aliphatic rings. The molecule has 23 heavy (non-hydrogen) atoms. The Morgan fingerprint density at radius 2 is 2.26 bits per heavy atom. The van der Waals surface area contributed by atoms with Crippen molar-refractivity contribution in [2.24, 2.45) is 4.99 Å². The summed E-state index contributed by atoms with van der Waals surface area (Å²) in [4.78, 5) is 8.11. The minimum absolute atomic E-state index is 0.0120. The van der Waals surface area contributed by atoms with Crippen molar-refractivity contribution in [3.05, 3.63) is 23.4 Å². The highest BCUT2D eigenvalue weighted by Gasteiger charge is 2.09. The summed E-state index contributed by atoms with van der Waals surface area (Å²) in [5.74, 6) is 1.11. The van der Waals surface area contributed by atoms with Crippen LogP contribution in [0.25, 0.3) is 0 Å². The minimum Gasteiger partial charge on any atom is -0.475 e. The van der Waals surface area contributed by atoms with Crippen LogP contribution in [0.1, 0.15) is 13.3 Å². The van der Waals surface area contributed by atoms with Gasteiger partial charge in [0.05, 0.1) is 12.3 Å². The molecule has 0 amide bonds. The van der Waals surface area contributed by atoms with E-state index < -0.39 is 9.84 Å². The van der Waals surface area contributed by atoms with Gasteiger partial charge in [-0.2, -0.15) is 0 Å². The number of guanidine groups is 1. The number of aliphatic imine (C=N–C) groups is 1. The minimum atomic E-state index is -2.96. The molecular formula is C14H23ClN4O3S. The average Bonchev–Trinajstić information content (AvgIpc) is 2.49. The van der Waals surface area contributed by atoms with Crippen LogP contribution >= 0.6 is 11.6 Å². The van der Waals surface area contributed by atoms with Crippen molar-refractivity contribution >= 4 is 27.4 Å². The average molecular weight is 363 g/mol. The third kappa shape index (κ3) is 8.61. The summed E-state index contributed by atoms with van der Waals surface area (Å²) in [6, 6.07) is 3.43. The smallest absolute Gasteiger partial charge is 0.232 e. The normalized spacial score (nSPS) is 13.5. The van der Waals surface area contributed by atoms with Crippen LogP contribution in [-0.4, -0.2) is 57.6 Å². The molecule has 0 aliphatic carbocycles. The van der Waals surface area contributed by atoms with Gasteiger partial charge >= 0.3 is 0 Å². The summed E-state index contributed by atoms with van der Waals surface area (Å²) < 4.78 is 27.8. The molecule has 9 heteroatoms. The quantitative estimate of drug-likeness (QED) is 0.408. The number of sulfone groups is 1. The second-order valence-electron chi connectivity index (χ2n) is 5.10. The number of rotatable bonds is 8. The van der Waals surface area contributed by atoms with Gasteiger partial charge in [0.25, 0.3) is 0 Å². The van der Waals surface area contributed by atoms with Gasteiger partial charge in [-0.3, -0.25) is 4.99 Å². The van der Waals surface area contributed by atoms with Gasteiger partial charge in [0, 0.05) is 25.5 Å². The second kappa shape index (κ2) is 9.57. The van der Waals surface area contributed by atoms with Gasteiger partial charge in [0.1, 0.15) is 21.5 Å². The number of hydrogen-bond donors (Lipinski definition) is 2. The Bertz CT molecular complexity index is 622. The summed E-state index contributed by atoms with van der Waals surface area (Å²) in [6.07, 6.45) is 3.35. The topological polar surface area (TPSA) is 92.7 Å². The first-order chi connectivity index (χ1) is 10.8. The Hall–Kier alpha value is -1.54. The highest BCUT2D eigenvalue weighted by atomic mass is 35.5. The third-order valence-electron chi connectivity index (χ3n) is 2.89. The molecule has 1 heterocycles. The Morgan fingerprint density at radius 1 is 1.52 bits per heavy atom. The number of ether oxygens (including phenoxy) is 1. The highest BCUT2D eigenvalue weighted by Crippen LogP contribution is 2.19. The van der Waals surface area contributed by atoms with Crippen LogP contribution in [0.2, 0.25) is 5.02 Å². The maximum absolute atomic E-state index is 11.2. The molecule has 0 radical (unpaired) electrons. The molecule has 0 fully saturated rings. The van der Waals surface area contributed by atoms with E-state index in [1.165, 1.54) is 6.26 Å². The molecule has 1 rings (SSSR count). The lowest BCUT2D eigenvalue weighted by Gasteiger charge is -2.17. The number of halogens is 1. The molecule has 7 nitrogen and oxygen atoms in total. The van der Waals surface area contributed by atoms with Crippen LogP contribution in [-0.2, 0) is 9.84 Å². The van der Waals surface area contributed by atoms with Gasteiger partial charge in [-0.15, -0.1) is 0 Å². The summed E-state index contributed by atoms with van der Waals surface area (Å²) in [7, 11) is -1.31. The summed E-state index contributed by atoms with van der Waals surface area (Å²) >= 11 is 5.94. The number of hydrogen-bond acceptors (Lipinski definition) is 5. The summed E-state index contributed by atoms with van der Waals surface area (Å²) in [5, 5.41) is 6.67. The fourth-order valence-electron chi connectivity index (χ4n) is 1.69. The van der Waals surface area contributed by atoms with E-state index in [2.05, 4.69) is 20.6 Å². The molecule has 1 atom stereocenters. The third-order valence-corrected chi connectivity index (χ3v) is 4.15. The maximum atomic E-state index is 11.2. The molecule has 1 aromatic heterocycles. The first-order valence-electron chi connectivity index (χ1n) is 7.20. The first kappa shape index (κ1) is 19.5. The van der Waals surface area contributed by atoms with E-state index in [1.807, 2.05) is 6.92 Å². The predicted molar refractivity (Wildman–Crippen MR) is 93.0 cm³/mol. The van der Waals surface area contributed by atoms with Crippen LogP contribution in [0.15, 0.2) is 23.3 Å². The highest BCUT2D eigenvalue weighted by molar-refractivity contribution is 7.90. The van der Waals surface area contributed by atoms with Crippen molar-refractivity contribution < 1.29 is 13.2 Å². The molecular weight excluding hydrogens is 340 g/mol. The summed E-state index contributed by atoms with van der Waals surface area (Å²) in [5.41, 5.74) is 0. The van der Waals surface area contributed by atoms with Crippen molar-refractivity contribution in [3.63, 3.8) is 0 Å². The van der Waals surface area contributed by atoms with E-state index in [0.29, 0.717) is 36.4 Å². The van der Waals surface area contributed by atoms with Crippen molar-refractivity contribution in [3.8, 4) is 5.88 Å². The van der Waals surface area contributed by atoms with Crippen molar-refractivity contribution in [2.75, 3.05) is 32.2 Å². The molecule has 0 aliphatic heterocycles. The van der Waals surface area contributed by atoms with Gasteiger partial charge in [0.2, 0.25) is 5.88 Å². The van der Waals surface area contributed by atoms with E-state index in [4.69, 9.17) is 16.3 Å². The Labute approximate surface area is 142 Å². The lowest BCUT2D eigenvalue weighted by Crippen LogP contribution is -2.44. The molecule has 1 aromatic rings. The number of nitrogens with one attached hydrogen (secondary N) is 2. The lowest BCUT2D eigenvalue weighted by atomic mass is 10.3. The fraction of sp³-hybridized carbons (Fsp3) is 0.571. The van der Waals surface area contributed by atoms with Gasteiger partial charge in [-0.1, -0.05) is 11.6 Å². The summed E-state index contributed by atoms with van der Waals surface area (Å²) in [6.45, 7) is 2.78. The van der Waals surface area contributed by atoms with E-state index >= 15 is 0 Å². The zero-order valence-electron chi connectivity index (χ0n) is 13.5. The molecule has 0 saturated heterocycles. The molecule has 2 N–H and O–H groups in total. The molecule has 0 aromatic carbocycles. The van der Waals surface area contributed by atoms with E-state index in [-0.39, 0.29) is 11.8 Å². The Kier molecular flexibility index (Phi) is 8.11. The van der Waals surface area contributed by atoms with Crippen LogP contribution in [0.4, 0.5) is 0 Å². The maximum Gasteiger partial charge on any atom is 0.232 e. The van der Waals surface area contributed by atoms with Crippen LogP contribution in [0.3, 0.4) is 0 Å². The molecule has 0 saturated carbocycles. The fourth-order valence-corrected chi connectivity index (χ4v) is 2.64. The van der Waals surface area contributed by atoms with E-state index in [9.17, 15) is 8.42 Å². The second-order valence-corrected chi connectivity index (χ2v) is 7.77. The first-order valence-corrected chi connectivity index (χ1v) is 9.64. The van der Waals surface area contributed by atoms with Gasteiger partial charge < -0.3 is 15.4 Å². The largest absolute Gasteiger partial charge is 0.475 e. The molecule has 130 valence electrons. The lowest BCUT2D eigenvalue weighted by molar-refractivity contribution is 0.309. The number of pyridine rings is 1. The van der Waals surface area contributed by atoms with Crippen molar-refractivity contribution in [2.45, 2.75) is 19.4 Å². The zero-order valence-corrected chi connectivity index (χ0v) is 15.1. The van der Waals surface area contributed by atoms with Gasteiger partial charge in [-0.25, -0.2) is 13.4 Å². The predicted octanol–water partition coefficient (Wildman–Crippen LogP) is 1.10. The van der Waals surface area contributed by atoms with Gasteiger partial charge in [0.15, 0.2) is 5.96 Å². The SMILES string of the molecule is CN=C(NCCOc1ncccc1Cl)NC(C)CCS(C)(=O)=O. The Balaban J connectivity index is 2.30. The number of aromatic nitrogens is 1. The number of nitrogens with zero attached hydrogens (tertiary/aromatic N) is 2. The zero-order chi connectivity index (χ0) is 17.3. The molecule has 1 unspecified atom stereocenters. The van der Waals surface area contributed by atoms with E-state index in [0.717, 1.165) is 0 Å². The van der Waals surface area contributed by atoms with E-state index in [1.54, 1.807) is 25.4 Å². The molecule has 0 spiro atoms. The van der Waals surface area contributed by atoms with Crippen LogP contribution in [0, 0.1) is 0 Å². The molecule has 0 bridgehead atoms.